The third kappa shape index (κ3) is 3.85. The zero-order valence-corrected chi connectivity index (χ0v) is 12.7. The molecule has 0 aromatic rings. The van der Waals surface area contributed by atoms with Crippen molar-refractivity contribution >= 4 is 11.9 Å². The van der Waals surface area contributed by atoms with Gasteiger partial charge in [0, 0.05) is 33.2 Å². The minimum atomic E-state index is -0.0158. The third-order valence-electron chi connectivity index (χ3n) is 4.27. The summed E-state index contributed by atoms with van der Waals surface area (Å²) in [6.07, 6.45) is 5.24. The molecule has 0 spiro atoms. The molecule has 20 heavy (non-hydrogen) atoms. The predicted octanol–water partition coefficient (Wildman–Crippen LogP) is -0.132. The highest BCUT2D eigenvalue weighted by molar-refractivity contribution is 5.86. The number of likely N-dealkylation sites (tertiary alicyclic amines) is 2. The molecule has 0 radical (unpaired) electrons. The number of nitrogens with one attached hydrogen (secondary N) is 2. The van der Waals surface area contributed by atoms with E-state index in [-0.39, 0.29) is 12.5 Å². The molecule has 2 rings (SSSR count). The van der Waals surface area contributed by atoms with Crippen LogP contribution in [-0.4, -0.2) is 74.5 Å². The van der Waals surface area contributed by atoms with Crippen LogP contribution in [0.15, 0.2) is 4.99 Å². The average molecular weight is 281 g/mol. The maximum Gasteiger partial charge on any atom is 0.239 e. The Kier molecular flexibility index (Phi) is 5.64. The molecule has 1 unspecified atom stereocenters. The van der Waals surface area contributed by atoms with Gasteiger partial charge in [0.1, 0.15) is 0 Å². The van der Waals surface area contributed by atoms with Crippen molar-refractivity contribution in [1.82, 2.24) is 20.4 Å². The van der Waals surface area contributed by atoms with Crippen molar-refractivity contribution in [2.75, 3.05) is 46.8 Å². The molecule has 2 N–H and O–H groups in total. The van der Waals surface area contributed by atoms with Gasteiger partial charge >= 0.3 is 0 Å². The van der Waals surface area contributed by atoms with Gasteiger partial charge < -0.3 is 15.5 Å². The van der Waals surface area contributed by atoms with Gasteiger partial charge in [-0.2, -0.15) is 0 Å². The Morgan fingerprint density at radius 3 is 2.65 bits per heavy atom. The van der Waals surface area contributed by atoms with Crippen LogP contribution in [0.25, 0.3) is 0 Å². The van der Waals surface area contributed by atoms with Gasteiger partial charge in [-0.05, 0) is 32.4 Å². The minimum absolute atomic E-state index is 0.0158. The van der Waals surface area contributed by atoms with E-state index < -0.39 is 0 Å². The van der Waals surface area contributed by atoms with E-state index in [1.807, 2.05) is 0 Å². The lowest BCUT2D eigenvalue weighted by Crippen LogP contribution is -2.46. The molecular weight excluding hydrogens is 254 g/mol. The third-order valence-corrected chi connectivity index (χ3v) is 4.27. The van der Waals surface area contributed by atoms with Gasteiger partial charge in [0.25, 0.3) is 0 Å². The van der Waals surface area contributed by atoms with Crippen LogP contribution >= 0.6 is 0 Å². The molecule has 2 aliphatic heterocycles. The molecule has 2 aliphatic rings. The second-order valence-electron chi connectivity index (χ2n) is 5.56. The lowest BCUT2D eigenvalue weighted by Gasteiger charge is -2.32. The van der Waals surface area contributed by atoms with E-state index in [1.54, 1.807) is 14.1 Å². The molecule has 6 heteroatoms. The summed E-state index contributed by atoms with van der Waals surface area (Å²) in [7, 11) is 3.43. The summed E-state index contributed by atoms with van der Waals surface area (Å²) in [6, 6.07) is 0.647. The fourth-order valence-corrected chi connectivity index (χ4v) is 3.10. The van der Waals surface area contributed by atoms with E-state index in [2.05, 4.69) is 25.4 Å². The maximum absolute atomic E-state index is 11.3. The summed E-state index contributed by atoms with van der Waals surface area (Å²) in [6.45, 7) is 4.81. The van der Waals surface area contributed by atoms with E-state index >= 15 is 0 Å². The van der Waals surface area contributed by atoms with E-state index in [0.29, 0.717) is 6.04 Å². The number of carbonyl (C=O) groups excluding carboxylic acids is 1. The highest BCUT2D eigenvalue weighted by Crippen LogP contribution is 2.20. The van der Waals surface area contributed by atoms with Crippen molar-refractivity contribution in [3.8, 4) is 0 Å². The highest BCUT2D eigenvalue weighted by atomic mass is 16.1. The molecule has 1 atom stereocenters. The zero-order chi connectivity index (χ0) is 14.4. The van der Waals surface area contributed by atoms with Gasteiger partial charge in [0.15, 0.2) is 5.96 Å². The SMILES string of the molecule is CN=C(NCC(=O)NC)N1CCC(N2CCCCC2)C1. The van der Waals surface area contributed by atoms with Crippen molar-refractivity contribution in [1.29, 1.82) is 0 Å². The smallest absolute Gasteiger partial charge is 0.239 e. The van der Waals surface area contributed by atoms with E-state index in [9.17, 15) is 4.79 Å². The average Bonchev–Trinajstić information content (AvgIpc) is 2.98. The Hall–Kier alpha value is -1.30. The van der Waals surface area contributed by atoms with Gasteiger partial charge in [0.05, 0.1) is 6.54 Å². The van der Waals surface area contributed by atoms with Gasteiger partial charge in [-0.15, -0.1) is 0 Å². The van der Waals surface area contributed by atoms with Crippen LogP contribution in [0.4, 0.5) is 0 Å². The van der Waals surface area contributed by atoms with Crippen LogP contribution in [-0.2, 0) is 4.79 Å². The number of guanidine groups is 1. The molecule has 114 valence electrons. The van der Waals surface area contributed by atoms with Gasteiger partial charge in [-0.3, -0.25) is 14.7 Å². The van der Waals surface area contributed by atoms with E-state index in [0.717, 1.165) is 19.0 Å². The van der Waals surface area contributed by atoms with Gasteiger partial charge in [-0.25, -0.2) is 0 Å². The monoisotopic (exact) mass is 281 g/mol. The van der Waals surface area contributed by atoms with Crippen molar-refractivity contribution in [3.05, 3.63) is 0 Å². The van der Waals surface area contributed by atoms with E-state index in [1.165, 1.54) is 38.8 Å². The summed E-state index contributed by atoms with van der Waals surface area (Å²) in [5.41, 5.74) is 0. The molecule has 0 saturated carbocycles. The fraction of sp³-hybridized carbons (Fsp3) is 0.857. The summed E-state index contributed by atoms with van der Waals surface area (Å²) >= 11 is 0. The van der Waals surface area contributed by atoms with Gasteiger partial charge in [-0.1, -0.05) is 6.42 Å². The molecule has 6 nitrogen and oxygen atoms in total. The Morgan fingerprint density at radius 2 is 2.00 bits per heavy atom. The summed E-state index contributed by atoms with van der Waals surface area (Å²) in [5, 5.41) is 5.74. The largest absolute Gasteiger partial charge is 0.358 e. The zero-order valence-electron chi connectivity index (χ0n) is 12.7. The van der Waals surface area contributed by atoms with Crippen LogP contribution in [0.3, 0.4) is 0 Å². The summed E-state index contributed by atoms with van der Waals surface area (Å²) in [4.78, 5) is 20.5. The minimum Gasteiger partial charge on any atom is -0.358 e. The standard InChI is InChI=1S/C14H27N5O/c1-15-13(20)10-17-14(16-2)19-9-6-12(11-19)18-7-4-3-5-8-18/h12H,3-11H2,1-2H3,(H,15,20)(H,16,17). The molecule has 1 amide bonds. The summed E-state index contributed by atoms with van der Waals surface area (Å²) < 4.78 is 0. The number of piperidine rings is 1. The lowest BCUT2D eigenvalue weighted by atomic mass is 10.1. The molecule has 2 fully saturated rings. The molecule has 2 heterocycles. The van der Waals surface area contributed by atoms with Crippen LogP contribution in [0.1, 0.15) is 25.7 Å². The predicted molar refractivity (Wildman–Crippen MR) is 80.8 cm³/mol. The van der Waals surface area contributed by atoms with Crippen LogP contribution in [0.2, 0.25) is 0 Å². The quantitative estimate of drug-likeness (QED) is 0.559. The number of rotatable bonds is 3. The Morgan fingerprint density at radius 1 is 1.25 bits per heavy atom. The Bertz CT molecular complexity index is 351. The molecule has 0 aromatic carbocycles. The number of aliphatic imine (C=N–C) groups is 1. The number of likely N-dealkylation sites (N-methyl/N-ethyl adjacent to an activating group) is 1. The van der Waals surface area contributed by atoms with Crippen molar-refractivity contribution in [2.45, 2.75) is 31.7 Å². The maximum atomic E-state index is 11.3. The number of hydrogen-bond donors (Lipinski definition) is 2. The lowest BCUT2D eigenvalue weighted by molar-refractivity contribution is -0.119. The van der Waals surface area contributed by atoms with Crippen molar-refractivity contribution in [3.63, 3.8) is 0 Å². The second kappa shape index (κ2) is 7.47. The number of nitrogens with zero attached hydrogens (tertiary/aromatic N) is 3. The first-order valence-electron chi connectivity index (χ1n) is 7.65. The molecule has 0 aromatic heterocycles. The molecule has 0 bridgehead atoms. The molecule has 0 aliphatic carbocycles. The number of carbonyl (C=O) groups is 1. The van der Waals surface area contributed by atoms with Crippen LogP contribution in [0.5, 0.6) is 0 Å². The summed E-state index contributed by atoms with van der Waals surface area (Å²) in [5.74, 6) is 0.825. The second-order valence-corrected chi connectivity index (χ2v) is 5.56. The first-order valence-corrected chi connectivity index (χ1v) is 7.65. The normalized spacial score (nSPS) is 24.8. The first kappa shape index (κ1) is 15.1. The van der Waals surface area contributed by atoms with Crippen LogP contribution < -0.4 is 10.6 Å². The highest BCUT2D eigenvalue weighted by Gasteiger charge is 2.29. The van der Waals surface area contributed by atoms with Crippen molar-refractivity contribution < 1.29 is 4.79 Å². The van der Waals surface area contributed by atoms with Crippen LogP contribution in [0, 0.1) is 0 Å². The Balaban J connectivity index is 1.82. The molecular formula is C14H27N5O. The number of hydrogen-bond acceptors (Lipinski definition) is 3. The van der Waals surface area contributed by atoms with Crippen molar-refractivity contribution in [2.24, 2.45) is 4.99 Å². The molecule has 2 saturated heterocycles. The fourth-order valence-electron chi connectivity index (χ4n) is 3.10. The van der Waals surface area contributed by atoms with Gasteiger partial charge in [0.2, 0.25) is 5.91 Å². The van der Waals surface area contributed by atoms with E-state index in [4.69, 9.17) is 0 Å². The number of amides is 1. The first-order chi connectivity index (χ1) is 9.74. The topological polar surface area (TPSA) is 60.0 Å². The Labute approximate surface area is 121 Å².